The Morgan fingerprint density at radius 1 is 1.38 bits per heavy atom. The number of unbranched alkanes of at least 4 members (excludes halogenated alkanes) is 2. The highest BCUT2D eigenvalue weighted by Crippen LogP contribution is 2.31. The Morgan fingerprint density at radius 2 is 2.12 bits per heavy atom. The Bertz CT molecular complexity index is 326. The molecule has 0 saturated heterocycles. The SMILES string of the molecule is CCCCCSc1cc(Br)ccc1C(C)O. The van der Waals surface area contributed by atoms with Crippen molar-refractivity contribution in [2.24, 2.45) is 0 Å². The average molecular weight is 303 g/mol. The maximum absolute atomic E-state index is 9.67. The first-order valence-electron chi connectivity index (χ1n) is 5.75. The van der Waals surface area contributed by atoms with Crippen LogP contribution in [-0.4, -0.2) is 10.9 Å². The van der Waals surface area contributed by atoms with Gasteiger partial charge in [-0.05, 0) is 36.8 Å². The predicted octanol–water partition coefficient (Wildman–Crippen LogP) is 4.78. The molecule has 0 heterocycles. The van der Waals surface area contributed by atoms with Crippen LogP contribution >= 0.6 is 27.7 Å². The fourth-order valence-electron chi connectivity index (χ4n) is 1.51. The summed E-state index contributed by atoms with van der Waals surface area (Å²) in [5.74, 6) is 1.13. The topological polar surface area (TPSA) is 20.2 Å². The van der Waals surface area contributed by atoms with Crippen molar-refractivity contribution in [2.75, 3.05) is 5.75 Å². The number of rotatable bonds is 6. The summed E-state index contributed by atoms with van der Waals surface area (Å²) < 4.78 is 1.08. The van der Waals surface area contributed by atoms with Gasteiger partial charge >= 0.3 is 0 Å². The highest BCUT2D eigenvalue weighted by atomic mass is 79.9. The van der Waals surface area contributed by atoms with Crippen molar-refractivity contribution in [1.29, 1.82) is 0 Å². The molecular weight excluding hydrogens is 284 g/mol. The lowest BCUT2D eigenvalue weighted by Crippen LogP contribution is -1.94. The molecule has 0 saturated carbocycles. The monoisotopic (exact) mass is 302 g/mol. The minimum atomic E-state index is -0.387. The van der Waals surface area contributed by atoms with Crippen LogP contribution < -0.4 is 0 Å². The molecule has 1 aromatic rings. The summed E-state index contributed by atoms with van der Waals surface area (Å²) >= 11 is 5.31. The van der Waals surface area contributed by atoms with Gasteiger partial charge in [0, 0.05) is 9.37 Å². The highest BCUT2D eigenvalue weighted by Gasteiger charge is 2.08. The van der Waals surface area contributed by atoms with Gasteiger partial charge in [0.1, 0.15) is 0 Å². The zero-order valence-electron chi connectivity index (χ0n) is 9.87. The molecule has 0 amide bonds. The van der Waals surface area contributed by atoms with Crippen molar-refractivity contribution in [1.82, 2.24) is 0 Å². The Balaban J connectivity index is 2.65. The minimum absolute atomic E-state index is 0.387. The number of aliphatic hydroxyl groups excluding tert-OH is 1. The van der Waals surface area contributed by atoms with Crippen LogP contribution in [0.1, 0.15) is 44.8 Å². The van der Waals surface area contributed by atoms with Crippen LogP contribution in [0.2, 0.25) is 0 Å². The summed E-state index contributed by atoms with van der Waals surface area (Å²) in [7, 11) is 0. The van der Waals surface area contributed by atoms with Gasteiger partial charge in [-0.15, -0.1) is 11.8 Å². The number of halogens is 1. The standard InChI is InChI=1S/C13H19BrOS/c1-3-4-5-8-16-13-9-11(14)6-7-12(13)10(2)15/h6-7,9-10,15H,3-5,8H2,1-2H3. The molecule has 1 rings (SSSR count). The van der Waals surface area contributed by atoms with Crippen LogP contribution in [0.4, 0.5) is 0 Å². The van der Waals surface area contributed by atoms with Gasteiger partial charge in [-0.2, -0.15) is 0 Å². The van der Waals surface area contributed by atoms with Gasteiger partial charge in [0.05, 0.1) is 6.10 Å². The Hall–Kier alpha value is 0.01000. The van der Waals surface area contributed by atoms with E-state index in [0.29, 0.717) is 0 Å². The molecular formula is C13H19BrOS. The van der Waals surface area contributed by atoms with E-state index in [0.717, 1.165) is 15.8 Å². The van der Waals surface area contributed by atoms with Gasteiger partial charge in [0.15, 0.2) is 0 Å². The molecule has 0 aliphatic carbocycles. The lowest BCUT2D eigenvalue weighted by Gasteiger charge is -2.12. The van der Waals surface area contributed by atoms with Crippen LogP contribution in [0.5, 0.6) is 0 Å². The van der Waals surface area contributed by atoms with Gasteiger partial charge in [-0.1, -0.05) is 41.8 Å². The Morgan fingerprint density at radius 3 is 2.75 bits per heavy atom. The van der Waals surface area contributed by atoms with Gasteiger partial charge in [0.2, 0.25) is 0 Å². The zero-order chi connectivity index (χ0) is 12.0. The molecule has 90 valence electrons. The number of thioether (sulfide) groups is 1. The molecule has 0 fully saturated rings. The third kappa shape index (κ3) is 4.48. The van der Waals surface area contributed by atoms with E-state index in [4.69, 9.17) is 0 Å². The first-order valence-corrected chi connectivity index (χ1v) is 7.53. The summed E-state index contributed by atoms with van der Waals surface area (Å²) in [6.07, 6.45) is 3.39. The van der Waals surface area contributed by atoms with E-state index in [1.165, 1.54) is 24.2 Å². The second-order valence-corrected chi connectivity index (χ2v) is 5.97. The van der Waals surface area contributed by atoms with Crippen LogP contribution in [0.25, 0.3) is 0 Å². The van der Waals surface area contributed by atoms with Gasteiger partial charge in [-0.25, -0.2) is 0 Å². The average Bonchev–Trinajstić information content (AvgIpc) is 2.24. The molecule has 1 unspecified atom stereocenters. The number of hydrogen-bond donors (Lipinski definition) is 1. The first-order chi connectivity index (χ1) is 7.65. The Labute approximate surface area is 111 Å². The summed E-state index contributed by atoms with van der Waals surface area (Å²) in [6.45, 7) is 4.03. The van der Waals surface area contributed by atoms with E-state index in [9.17, 15) is 5.11 Å². The third-order valence-corrected chi connectivity index (χ3v) is 4.08. The molecule has 0 aromatic heterocycles. The van der Waals surface area contributed by atoms with Gasteiger partial charge in [0.25, 0.3) is 0 Å². The minimum Gasteiger partial charge on any atom is -0.389 e. The van der Waals surface area contributed by atoms with E-state index in [1.807, 2.05) is 30.8 Å². The van der Waals surface area contributed by atoms with Gasteiger partial charge < -0.3 is 5.11 Å². The molecule has 1 aromatic carbocycles. The number of hydrogen-bond acceptors (Lipinski definition) is 2. The van der Waals surface area contributed by atoms with Crippen molar-refractivity contribution in [3.63, 3.8) is 0 Å². The molecule has 1 N–H and O–H groups in total. The number of benzene rings is 1. The molecule has 0 aliphatic heterocycles. The van der Waals surface area contributed by atoms with Crippen LogP contribution in [0, 0.1) is 0 Å². The molecule has 3 heteroatoms. The summed E-state index contributed by atoms with van der Waals surface area (Å²) in [5, 5.41) is 9.67. The maximum Gasteiger partial charge on any atom is 0.0772 e. The van der Waals surface area contributed by atoms with Gasteiger partial charge in [-0.3, -0.25) is 0 Å². The lowest BCUT2D eigenvalue weighted by atomic mass is 10.1. The highest BCUT2D eigenvalue weighted by molar-refractivity contribution is 9.10. The van der Waals surface area contributed by atoms with E-state index in [1.54, 1.807) is 0 Å². The fourth-order valence-corrected chi connectivity index (χ4v) is 3.21. The lowest BCUT2D eigenvalue weighted by molar-refractivity contribution is 0.196. The zero-order valence-corrected chi connectivity index (χ0v) is 12.3. The normalized spacial score (nSPS) is 12.8. The van der Waals surface area contributed by atoms with Crippen LogP contribution in [-0.2, 0) is 0 Å². The second kappa shape index (κ2) is 7.36. The maximum atomic E-state index is 9.67. The molecule has 1 nitrogen and oxygen atoms in total. The second-order valence-electron chi connectivity index (χ2n) is 3.91. The van der Waals surface area contributed by atoms with E-state index in [-0.39, 0.29) is 6.10 Å². The summed E-state index contributed by atoms with van der Waals surface area (Å²) in [6, 6.07) is 6.08. The van der Waals surface area contributed by atoms with Crippen molar-refractivity contribution in [3.8, 4) is 0 Å². The molecule has 0 radical (unpaired) electrons. The summed E-state index contributed by atoms with van der Waals surface area (Å²) in [5.41, 5.74) is 1.03. The quantitative estimate of drug-likeness (QED) is 0.602. The van der Waals surface area contributed by atoms with E-state index >= 15 is 0 Å². The Kier molecular flexibility index (Phi) is 6.47. The largest absolute Gasteiger partial charge is 0.389 e. The predicted molar refractivity (Wildman–Crippen MR) is 75.0 cm³/mol. The molecule has 0 spiro atoms. The third-order valence-electron chi connectivity index (χ3n) is 2.43. The van der Waals surface area contributed by atoms with E-state index in [2.05, 4.69) is 28.9 Å². The van der Waals surface area contributed by atoms with Crippen molar-refractivity contribution < 1.29 is 5.11 Å². The van der Waals surface area contributed by atoms with Crippen LogP contribution in [0.3, 0.4) is 0 Å². The van der Waals surface area contributed by atoms with Crippen molar-refractivity contribution in [2.45, 2.75) is 44.1 Å². The molecule has 1 atom stereocenters. The van der Waals surface area contributed by atoms with Crippen molar-refractivity contribution >= 4 is 27.7 Å². The number of aliphatic hydroxyl groups is 1. The van der Waals surface area contributed by atoms with Crippen LogP contribution in [0.15, 0.2) is 27.6 Å². The van der Waals surface area contributed by atoms with E-state index < -0.39 is 0 Å². The smallest absolute Gasteiger partial charge is 0.0772 e. The molecule has 16 heavy (non-hydrogen) atoms. The fraction of sp³-hybridized carbons (Fsp3) is 0.538. The van der Waals surface area contributed by atoms with Crippen molar-refractivity contribution in [3.05, 3.63) is 28.2 Å². The summed E-state index contributed by atoms with van der Waals surface area (Å²) in [4.78, 5) is 1.19. The first kappa shape index (κ1) is 14.1. The molecule has 0 aliphatic rings. The molecule has 0 bridgehead atoms.